The molecule has 3 rings (SSSR count). The molecule has 178 valence electrons. The standard InChI is InChI=1S/C24H23F3N4O3/c1-15-20(22(32)34-12-11-30(2)3)21(17-9-7-16(14-28)8-10-17)29-23(33)31(15)19-6-4-5-18(13-19)24(25,26)27/h4-10,13,21H,11-12H2,1-3H3,(H,29,33). The van der Waals surface area contributed by atoms with Crippen LogP contribution >= 0.6 is 0 Å². The highest BCUT2D eigenvalue weighted by atomic mass is 19.4. The average molecular weight is 472 g/mol. The highest BCUT2D eigenvalue weighted by Gasteiger charge is 2.38. The van der Waals surface area contributed by atoms with Gasteiger partial charge in [0.1, 0.15) is 6.61 Å². The van der Waals surface area contributed by atoms with Crippen LogP contribution in [-0.4, -0.2) is 44.1 Å². The number of amides is 2. The number of nitrogens with one attached hydrogen (secondary N) is 1. The third-order valence-corrected chi connectivity index (χ3v) is 5.28. The zero-order valence-electron chi connectivity index (χ0n) is 18.8. The van der Waals surface area contributed by atoms with Crippen molar-refractivity contribution in [2.45, 2.75) is 19.1 Å². The van der Waals surface area contributed by atoms with Gasteiger partial charge in [-0.3, -0.25) is 4.90 Å². The van der Waals surface area contributed by atoms with Crippen LogP contribution in [0.15, 0.2) is 59.8 Å². The van der Waals surface area contributed by atoms with Crippen molar-refractivity contribution in [1.82, 2.24) is 10.2 Å². The summed E-state index contributed by atoms with van der Waals surface area (Å²) in [7, 11) is 3.63. The van der Waals surface area contributed by atoms with Gasteiger partial charge in [0, 0.05) is 12.2 Å². The Morgan fingerprint density at radius 1 is 1.21 bits per heavy atom. The Morgan fingerprint density at radius 3 is 2.47 bits per heavy atom. The topological polar surface area (TPSA) is 85.7 Å². The van der Waals surface area contributed by atoms with Gasteiger partial charge in [0.05, 0.1) is 34.5 Å². The number of carbonyl (C=O) groups is 2. The smallest absolute Gasteiger partial charge is 0.416 e. The Kier molecular flexibility index (Phi) is 7.27. The summed E-state index contributed by atoms with van der Waals surface area (Å²) in [6.07, 6.45) is -4.60. The molecule has 7 nitrogen and oxygen atoms in total. The number of allylic oxidation sites excluding steroid dienone is 1. The summed E-state index contributed by atoms with van der Waals surface area (Å²) in [6.45, 7) is 2.03. The first-order valence-corrected chi connectivity index (χ1v) is 10.3. The summed E-state index contributed by atoms with van der Waals surface area (Å²) in [6, 6.07) is 11.0. The molecule has 1 heterocycles. The summed E-state index contributed by atoms with van der Waals surface area (Å²) in [5.41, 5.74) is 0.187. The first-order chi connectivity index (χ1) is 16.0. The van der Waals surface area contributed by atoms with Crippen LogP contribution in [0, 0.1) is 11.3 Å². The number of hydrogen-bond donors (Lipinski definition) is 1. The van der Waals surface area contributed by atoms with Crippen molar-refractivity contribution in [3.63, 3.8) is 0 Å². The van der Waals surface area contributed by atoms with Gasteiger partial charge in [0.25, 0.3) is 0 Å². The van der Waals surface area contributed by atoms with Crippen molar-refractivity contribution < 1.29 is 27.5 Å². The number of benzene rings is 2. The molecule has 0 aliphatic carbocycles. The molecular formula is C24H23F3N4O3. The second-order valence-corrected chi connectivity index (χ2v) is 7.94. The van der Waals surface area contributed by atoms with Gasteiger partial charge in [0.2, 0.25) is 0 Å². The molecule has 10 heteroatoms. The van der Waals surface area contributed by atoms with Crippen molar-refractivity contribution in [2.24, 2.45) is 0 Å². The molecule has 0 aromatic heterocycles. The monoisotopic (exact) mass is 472 g/mol. The fourth-order valence-electron chi connectivity index (χ4n) is 3.54. The normalized spacial score (nSPS) is 16.4. The zero-order valence-corrected chi connectivity index (χ0v) is 18.8. The van der Waals surface area contributed by atoms with Crippen molar-refractivity contribution in [3.05, 3.63) is 76.5 Å². The van der Waals surface area contributed by atoms with Crippen LogP contribution in [0.5, 0.6) is 0 Å². The Labute approximate surface area is 195 Å². The van der Waals surface area contributed by atoms with Gasteiger partial charge in [-0.2, -0.15) is 18.4 Å². The second kappa shape index (κ2) is 9.97. The fraction of sp³-hybridized carbons (Fsp3) is 0.292. The van der Waals surface area contributed by atoms with Crippen LogP contribution in [0.3, 0.4) is 0 Å². The van der Waals surface area contributed by atoms with E-state index in [2.05, 4.69) is 5.32 Å². The molecule has 1 atom stereocenters. The van der Waals surface area contributed by atoms with Crippen molar-refractivity contribution >= 4 is 17.7 Å². The van der Waals surface area contributed by atoms with Gasteiger partial charge in [-0.15, -0.1) is 0 Å². The lowest BCUT2D eigenvalue weighted by atomic mass is 9.94. The maximum Gasteiger partial charge on any atom is 0.416 e. The summed E-state index contributed by atoms with van der Waals surface area (Å²) in [5.74, 6) is -0.703. The lowest BCUT2D eigenvalue weighted by molar-refractivity contribution is -0.140. The average Bonchev–Trinajstić information content (AvgIpc) is 2.78. The number of carbonyl (C=O) groups excluding carboxylic acids is 2. The van der Waals surface area contributed by atoms with Gasteiger partial charge in [-0.25, -0.2) is 9.59 Å². The minimum atomic E-state index is -4.60. The molecule has 1 aliphatic heterocycles. The molecule has 1 N–H and O–H groups in total. The van der Waals surface area contributed by atoms with E-state index in [0.29, 0.717) is 17.7 Å². The molecule has 1 unspecified atom stereocenters. The van der Waals surface area contributed by atoms with Gasteiger partial charge in [-0.05, 0) is 56.9 Å². The van der Waals surface area contributed by atoms with Crippen LogP contribution in [0.4, 0.5) is 23.7 Å². The number of urea groups is 1. The molecule has 0 spiro atoms. The van der Waals surface area contributed by atoms with Crippen LogP contribution in [0.2, 0.25) is 0 Å². The van der Waals surface area contributed by atoms with Crippen molar-refractivity contribution in [1.29, 1.82) is 5.26 Å². The Bertz CT molecular complexity index is 1150. The van der Waals surface area contributed by atoms with E-state index in [1.165, 1.54) is 19.1 Å². The summed E-state index contributed by atoms with van der Waals surface area (Å²) in [5, 5.41) is 11.7. The van der Waals surface area contributed by atoms with E-state index >= 15 is 0 Å². The highest BCUT2D eigenvalue weighted by Crippen LogP contribution is 2.37. The van der Waals surface area contributed by atoms with E-state index < -0.39 is 29.8 Å². The third kappa shape index (κ3) is 5.38. The maximum absolute atomic E-state index is 13.3. The number of anilines is 1. The second-order valence-electron chi connectivity index (χ2n) is 7.94. The van der Waals surface area contributed by atoms with E-state index in [4.69, 9.17) is 10.00 Å². The Hall–Kier alpha value is -3.84. The largest absolute Gasteiger partial charge is 0.461 e. The molecule has 2 aromatic rings. The number of esters is 1. The van der Waals surface area contributed by atoms with E-state index in [-0.39, 0.29) is 23.6 Å². The molecule has 2 amide bonds. The number of alkyl halides is 3. The van der Waals surface area contributed by atoms with Crippen LogP contribution in [-0.2, 0) is 15.7 Å². The van der Waals surface area contributed by atoms with Gasteiger partial charge >= 0.3 is 18.2 Å². The quantitative estimate of drug-likeness (QED) is 0.636. The van der Waals surface area contributed by atoms with Crippen molar-refractivity contribution in [2.75, 3.05) is 32.1 Å². The summed E-state index contributed by atoms with van der Waals surface area (Å²) >= 11 is 0. The van der Waals surface area contributed by atoms with Gasteiger partial charge < -0.3 is 15.0 Å². The lowest BCUT2D eigenvalue weighted by Crippen LogP contribution is -2.48. The molecule has 0 radical (unpaired) electrons. The third-order valence-electron chi connectivity index (χ3n) is 5.28. The SMILES string of the molecule is CC1=C(C(=O)OCCN(C)C)C(c2ccc(C#N)cc2)NC(=O)N1c1cccc(C(F)(F)F)c1. The summed E-state index contributed by atoms with van der Waals surface area (Å²) in [4.78, 5) is 29.0. The van der Waals surface area contributed by atoms with E-state index in [1.54, 1.807) is 24.3 Å². The molecule has 2 aromatic carbocycles. The molecular weight excluding hydrogens is 449 g/mol. The number of nitrogens with zero attached hydrogens (tertiary/aromatic N) is 3. The molecule has 0 bridgehead atoms. The predicted molar refractivity (Wildman–Crippen MR) is 119 cm³/mol. The Balaban J connectivity index is 2.08. The predicted octanol–water partition coefficient (Wildman–Crippen LogP) is 4.23. The van der Waals surface area contributed by atoms with E-state index in [9.17, 15) is 22.8 Å². The summed E-state index contributed by atoms with van der Waals surface area (Å²) < 4.78 is 45.2. The number of nitriles is 1. The Morgan fingerprint density at radius 2 is 1.88 bits per heavy atom. The molecule has 0 saturated heterocycles. The minimum absolute atomic E-state index is 0.0401. The molecule has 0 saturated carbocycles. The molecule has 1 aliphatic rings. The van der Waals surface area contributed by atoms with Crippen LogP contribution in [0.25, 0.3) is 0 Å². The first kappa shape index (κ1) is 24.8. The van der Waals surface area contributed by atoms with Crippen molar-refractivity contribution in [3.8, 4) is 6.07 Å². The number of rotatable bonds is 6. The van der Waals surface area contributed by atoms with Gasteiger partial charge in [0.15, 0.2) is 0 Å². The van der Waals surface area contributed by atoms with Gasteiger partial charge in [-0.1, -0.05) is 18.2 Å². The van der Waals surface area contributed by atoms with Crippen LogP contribution < -0.4 is 10.2 Å². The number of likely N-dealkylation sites (N-methyl/N-ethyl adjacent to an activating group) is 1. The van der Waals surface area contributed by atoms with Crippen LogP contribution in [0.1, 0.15) is 29.7 Å². The van der Waals surface area contributed by atoms with E-state index in [0.717, 1.165) is 17.0 Å². The number of halogens is 3. The zero-order chi connectivity index (χ0) is 25.0. The fourth-order valence-corrected chi connectivity index (χ4v) is 3.54. The number of hydrogen-bond acceptors (Lipinski definition) is 5. The first-order valence-electron chi connectivity index (χ1n) is 10.3. The minimum Gasteiger partial charge on any atom is -0.461 e. The molecule has 34 heavy (non-hydrogen) atoms. The highest BCUT2D eigenvalue weighted by molar-refractivity contribution is 6.03. The van der Waals surface area contributed by atoms with E-state index in [1.807, 2.05) is 25.1 Å². The number of ether oxygens (including phenoxy) is 1. The molecule has 0 fully saturated rings. The maximum atomic E-state index is 13.3. The lowest BCUT2D eigenvalue weighted by Gasteiger charge is -2.35.